The number of imidazole rings is 1. The van der Waals surface area contributed by atoms with Gasteiger partial charge in [0.2, 0.25) is 5.82 Å². The lowest BCUT2D eigenvalue weighted by Gasteiger charge is -2.16. The molecule has 0 aliphatic heterocycles. The molecule has 10 nitrogen and oxygen atoms in total. The van der Waals surface area contributed by atoms with E-state index in [2.05, 4.69) is 67.1 Å². The summed E-state index contributed by atoms with van der Waals surface area (Å²) in [4.78, 5) is 32.5. The highest BCUT2D eigenvalue weighted by Crippen LogP contribution is 2.30. The molecule has 41 heavy (non-hydrogen) atoms. The summed E-state index contributed by atoms with van der Waals surface area (Å²) in [7, 11) is 0. The number of carbonyl (C=O) groups excluding carboxylic acids is 1. The Kier molecular flexibility index (Phi) is 8.58. The summed E-state index contributed by atoms with van der Waals surface area (Å²) in [6.45, 7) is 2.07. The molecule has 0 aliphatic carbocycles. The molecular weight excluding hydrogens is 518 g/mol. The van der Waals surface area contributed by atoms with Gasteiger partial charge in [-0.05, 0) is 40.3 Å². The molecule has 0 saturated carbocycles. The van der Waals surface area contributed by atoms with Crippen LogP contribution in [-0.2, 0) is 24.1 Å². The molecular formula is C31H31N7O3. The van der Waals surface area contributed by atoms with Gasteiger partial charge in [-0.3, -0.25) is 9.59 Å². The number of amides is 1. The first kappa shape index (κ1) is 27.4. The SMILES string of the molecule is CCCc1nc(C(=O)NC(CC(=O)O)Cc2ccccc2)[nH]c1Cc1ccc(-c2ccccc2-c2nn[nH]n2)cc1. The van der Waals surface area contributed by atoms with Crippen molar-refractivity contribution in [3.8, 4) is 22.5 Å². The smallest absolute Gasteiger partial charge is 0.305 e. The van der Waals surface area contributed by atoms with Gasteiger partial charge in [-0.1, -0.05) is 92.2 Å². The first-order chi connectivity index (χ1) is 20.0. The number of aromatic nitrogens is 6. The molecule has 5 rings (SSSR count). The fraction of sp³-hybridized carbons (Fsp3) is 0.226. The number of hydrogen-bond donors (Lipinski definition) is 4. The minimum Gasteiger partial charge on any atom is -0.481 e. The Labute approximate surface area is 237 Å². The average Bonchev–Trinajstić information content (AvgIpc) is 3.65. The van der Waals surface area contributed by atoms with E-state index in [4.69, 9.17) is 0 Å². The van der Waals surface area contributed by atoms with Gasteiger partial charge in [0.25, 0.3) is 5.91 Å². The van der Waals surface area contributed by atoms with Crippen LogP contribution in [0.25, 0.3) is 22.5 Å². The number of carbonyl (C=O) groups is 2. The number of carboxylic acids is 1. The standard InChI is InChI=1S/C31H31N7O3/c1-2-8-26-27(34-30(33-26)31(41)32-23(19-28(39)40)17-20-9-4-3-5-10-20)18-21-13-15-22(16-14-21)24-11-6-7-12-25(24)29-35-37-38-36-29/h3-7,9-16,23H,2,8,17-19H2,1H3,(H,32,41)(H,33,34)(H,39,40)(H,35,36,37,38). The van der Waals surface area contributed by atoms with Gasteiger partial charge in [0.15, 0.2) is 5.82 Å². The molecule has 0 radical (unpaired) electrons. The molecule has 5 aromatic rings. The van der Waals surface area contributed by atoms with Gasteiger partial charge in [0, 0.05) is 23.7 Å². The zero-order valence-electron chi connectivity index (χ0n) is 22.7. The lowest BCUT2D eigenvalue weighted by Crippen LogP contribution is -2.38. The van der Waals surface area contributed by atoms with Crippen LogP contribution in [0, 0.1) is 0 Å². The van der Waals surface area contributed by atoms with Gasteiger partial charge in [0.1, 0.15) is 0 Å². The molecule has 1 unspecified atom stereocenters. The normalized spacial score (nSPS) is 11.7. The second kappa shape index (κ2) is 12.8. The van der Waals surface area contributed by atoms with E-state index < -0.39 is 17.9 Å². The number of nitrogens with one attached hydrogen (secondary N) is 3. The van der Waals surface area contributed by atoms with Crippen molar-refractivity contribution < 1.29 is 14.7 Å². The van der Waals surface area contributed by atoms with E-state index in [0.717, 1.165) is 52.0 Å². The maximum absolute atomic E-state index is 13.2. The Bertz CT molecular complexity index is 1600. The predicted octanol–water partition coefficient (Wildman–Crippen LogP) is 4.62. The van der Waals surface area contributed by atoms with E-state index in [9.17, 15) is 14.7 Å². The van der Waals surface area contributed by atoms with E-state index >= 15 is 0 Å². The number of carboxylic acid groups (broad SMARTS) is 1. The fourth-order valence-corrected chi connectivity index (χ4v) is 4.89. The van der Waals surface area contributed by atoms with Crippen LogP contribution < -0.4 is 5.32 Å². The van der Waals surface area contributed by atoms with Crippen LogP contribution in [0.5, 0.6) is 0 Å². The second-order valence-electron chi connectivity index (χ2n) is 9.87. The summed E-state index contributed by atoms with van der Waals surface area (Å²) >= 11 is 0. The quantitative estimate of drug-likeness (QED) is 0.177. The zero-order chi connectivity index (χ0) is 28.6. The summed E-state index contributed by atoms with van der Waals surface area (Å²) in [5.41, 5.74) is 6.63. The zero-order valence-corrected chi connectivity index (χ0v) is 22.7. The van der Waals surface area contributed by atoms with Gasteiger partial charge in [-0.2, -0.15) is 5.21 Å². The maximum atomic E-state index is 13.2. The van der Waals surface area contributed by atoms with Gasteiger partial charge in [-0.15, -0.1) is 10.2 Å². The molecule has 0 saturated heterocycles. The Hall–Kier alpha value is -5.12. The van der Waals surface area contributed by atoms with E-state index in [1.54, 1.807) is 0 Å². The van der Waals surface area contributed by atoms with Crippen LogP contribution in [-0.4, -0.2) is 53.6 Å². The van der Waals surface area contributed by atoms with Crippen LogP contribution in [0.4, 0.5) is 0 Å². The molecule has 0 fully saturated rings. The van der Waals surface area contributed by atoms with Crippen molar-refractivity contribution in [3.05, 3.63) is 107 Å². The lowest BCUT2D eigenvalue weighted by atomic mass is 9.97. The predicted molar refractivity (Wildman–Crippen MR) is 154 cm³/mol. The van der Waals surface area contributed by atoms with Crippen molar-refractivity contribution in [2.45, 2.75) is 45.1 Å². The third kappa shape index (κ3) is 6.91. The number of tetrazole rings is 1. The molecule has 2 aromatic heterocycles. The van der Waals surface area contributed by atoms with E-state index in [0.29, 0.717) is 18.7 Å². The molecule has 4 N–H and O–H groups in total. The van der Waals surface area contributed by atoms with Crippen LogP contribution in [0.1, 0.15) is 52.9 Å². The molecule has 1 amide bonds. The largest absolute Gasteiger partial charge is 0.481 e. The van der Waals surface area contributed by atoms with Crippen molar-refractivity contribution in [1.29, 1.82) is 0 Å². The van der Waals surface area contributed by atoms with Gasteiger partial charge in [-0.25, -0.2) is 4.98 Å². The van der Waals surface area contributed by atoms with Crippen LogP contribution in [0.3, 0.4) is 0 Å². The Balaban J connectivity index is 1.33. The lowest BCUT2D eigenvalue weighted by molar-refractivity contribution is -0.137. The fourth-order valence-electron chi connectivity index (χ4n) is 4.89. The van der Waals surface area contributed by atoms with Gasteiger partial charge < -0.3 is 15.4 Å². The summed E-state index contributed by atoms with van der Waals surface area (Å²) in [6, 6.07) is 25.1. The topological polar surface area (TPSA) is 150 Å². The van der Waals surface area contributed by atoms with Gasteiger partial charge >= 0.3 is 5.97 Å². The number of aryl methyl sites for hydroxylation is 1. The van der Waals surface area contributed by atoms with E-state index in [-0.39, 0.29) is 12.2 Å². The Morgan fingerprint density at radius 1 is 0.927 bits per heavy atom. The second-order valence-corrected chi connectivity index (χ2v) is 9.87. The van der Waals surface area contributed by atoms with Crippen molar-refractivity contribution >= 4 is 11.9 Å². The molecule has 2 heterocycles. The Morgan fingerprint density at radius 2 is 1.66 bits per heavy atom. The summed E-state index contributed by atoms with van der Waals surface area (Å²) < 4.78 is 0. The highest BCUT2D eigenvalue weighted by atomic mass is 16.4. The molecule has 3 aromatic carbocycles. The number of hydrogen-bond acceptors (Lipinski definition) is 6. The van der Waals surface area contributed by atoms with Crippen molar-refractivity contribution in [3.63, 3.8) is 0 Å². The average molecular weight is 550 g/mol. The molecule has 0 aliphatic rings. The van der Waals surface area contributed by atoms with E-state index in [1.807, 2.05) is 54.6 Å². The minimum absolute atomic E-state index is 0.182. The van der Waals surface area contributed by atoms with Crippen molar-refractivity contribution in [1.82, 2.24) is 35.9 Å². The van der Waals surface area contributed by atoms with Crippen LogP contribution in [0.2, 0.25) is 0 Å². The number of benzene rings is 3. The number of H-pyrrole nitrogens is 2. The monoisotopic (exact) mass is 549 g/mol. The molecule has 0 spiro atoms. The third-order valence-corrected chi connectivity index (χ3v) is 6.81. The molecule has 1 atom stereocenters. The molecule has 10 heteroatoms. The van der Waals surface area contributed by atoms with E-state index in [1.165, 1.54) is 0 Å². The van der Waals surface area contributed by atoms with Crippen molar-refractivity contribution in [2.75, 3.05) is 0 Å². The molecule has 0 bridgehead atoms. The first-order valence-corrected chi connectivity index (χ1v) is 13.6. The van der Waals surface area contributed by atoms with Crippen molar-refractivity contribution in [2.24, 2.45) is 0 Å². The summed E-state index contributed by atoms with van der Waals surface area (Å²) in [5.74, 6) is -0.658. The highest BCUT2D eigenvalue weighted by Gasteiger charge is 2.21. The third-order valence-electron chi connectivity index (χ3n) is 6.81. The van der Waals surface area contributed by atoms with Crippen LogP contribution in [0.15, 0.2) is 78.9 Å². The number of nitrogens with zero attached hydrogens (tertiary/aromatic N) is 4. The Morgan fingerprint density at radius 3 is 2.34 bits per heavy atom. The summed E-state index contributed by atoms with van der Waals surface area (Å²) in [6.07, 6.45) is 2.40. The maximum Gasteiger partial charge on any atom is 0.305 e. The summed E-state index contributed by atoms with van der Waals surface area (Å²) in [5, 5.41) is 26.7. The highest BCUT2D eigenvalue weighted by molar-refractivity contribution is 5.91. The number of aliphatic carboxylic acids is 1. The molecule has 208 valence electrons. The van der Waals surface area contributed by atoms with Crippen LogP contribution >= 0.6 is 0 Å². The number of rotatable bonds is 12. The van der Waals surface area contributed by atoms with Gasteiger partial charge in [0.05, 0.1) is 12.1 Å². The minimum atomic E-state index is -0.971. The number of aromatic amines is 2. The first-order valence-electron chi connectivity index (χ1n) is 13.6.